The summed E-state index contributed by atoms with van der Waals surface area (Å²) >= 11 is 0. The molecule has 1 aromatic rings. The Labute approximate surface area is 99.9 Å². The first kappa shape index (κ1) is 13.0. The summed E-state index contributed by atoms with van der Waals surface area (Å²) in [5.41, 5.74) is 7.09. The second kappa shape index (κ2) is 6.52. The van der Waals surface area contributed by atoms with Gasteiger partial charge in [-0.25, -0.2) is 0 Å². The molecule has 0 saturated heterocycles. The van der Waals surface area contributed by atoms with Gasteiger partial charge in [0.25, 0.3) is 0 Å². The first-order valence-electron chi connectivity index (χ1n) is 5.30. The van der Waals surface area contributed by atoms with E-state index in [0.717, 1.165) is 5.56 Å². The van der Waals surface area contributed by atoms with Gasteiger partial charge >= 0.3 is 5.97 Å². The van der Waals surface area contributed by atoms with Crippen molar-refractivity contribution in [3.05, 3.63) is 29.8 Å². The van der Waals surface area contributed by atoms with Crippen molar-refractivity contribution in [2.45, 2.75) is 12.8 Å². The minimum Gasteiger partial charge on any atom is -0.469 e. The van der Waals surface area contributed by atoms with E-state index in [4.69, 9.17) is 5.73 Å². The number of para-hydroxylation sites is 1. The van der Waals surface area contributed by atoms with Gasteiger partial charge in [0.05, 0.1) is 20.0 Å². The van der Waals surface area contributed by atoms with Crippen LogP contribution in [0.4, 0.5) is 5.69 Å². The predicted octanol–water partition coefficient (Wildman–Crippen LogP) is 0.491. The molecule has 5 nitrogen and oxygen atoms in total. The van der Waals surface area contributed by atoms with Crippen LogP contribution in [0.25, 0.3) is 0 Å². The van der Waals surface area contributed by atoms with Crippen LogP contribution in [0.3, 0.4) is 0 Å². The molecular formula is C12H16N2O3. The molecule has 0 spiro atoms. The van der Waals surface area contributed by atoms with Crippen LogP contribution in [0.15, 0.2) is 24.3 Å². The third-order valence-electron chi connectivity index (χ3n) is 2.29. The largest absolute Gasteiger partial charge is 0.469 e. The van der Waals surface area contributed by atoms with Crippen molar-refractivity contribution in [1.29, 1.82) is 0 Å². The Morgan fingerprint density at radius 2 is 2.06 bits per heavy atom. The number of hydrogen-bond acceptors (Lipinski definition) is 4. The zero-order valence-electron chi connectivity index (χ0n) is 9.73. The number of hydrogen-bond donors (Lipinski definition) is 2. The van der Waals surface area contributed by atoms with Crippen molar-refractivity contribution in [2.75, 3.05) is 19.4 Å². The monoisotopic (exact) mass is 236 g/mol. The van der Waals surface area contributed by atoms with Gasteiger partial charge in [-0.05, 0) is 11.6 Å². The number of amides is 1. The highest BCUT2D eigenvalue weighted by atomic mass is 16.5. The number of carbonyl (C=O) groups excluding carboxylic acids is 2. The minimum atomic E-state index is -0.343. The van der Waals surface area contributed by atoms with E-state index >= 15 is 0 Å². The minimum absolute atomic E-state index is 0.160. The van der Waals surface area contributed by atoms with E-state index in [2.05, 4.69) is 10.1 Å². The molecule has 0 saturated carbocycles. The Hall–Kier alpha value is -2.04. The SMILES string of the molecule is COC(=O)CCNC(=O)Cc1ccccc1N. The van der Waals surface area contributed by atoms with E-state index in [1.54, 1.807) is 12.1 Å². The molecule has 0 radical (unpaired) electrons. The van der Waals surface area contributed by atoms with Crippen LogP contribution in [0, 0.1) is 0 Å². The lowest BCUT2D eigenvalue weighted by molar-refractivity contribution is -0.140. The summed E-state index contributed by atoms with van der Waals surface area (Å²) < 4.78 is 4.46. The van der Waals surface area contributed by atoms with Crippen LogP contribution in [0.5, 0.6) is 0 Å². The van der Waals surface area contributed by atoms with Gasteiger partial charge in [0.1, 0.15) is 0 Å². The number of nitrogens with one attached hydrogen (secondary N) is 1. The van der Waals surface area contributed by atoms with E-state index in [1.165, 1.54) is 7.11 Å². The lowest BCUT2D eigenvalue weighted by Gasteiger charge is -2.06. The molecule has 0 aromatic heterocycles. The number of nitrogen functional groups attached to an aromatic ring is 1. The van der Waals surface area contributed by atoms with Crippen molar-refractivity contribution < 1.29 is 14.3 Å². The number of esters is 1. The quantitative estimate of drug-likeness (QED) is 0.576. The summed E-state index contributed by atoms with van der Waals surface area (Å²) in [6, 6.07) is 7.19. The zero-order valence-corrected chi connectivity index (χ0v) is 9.73. The van der Waals surface area contributed by atoms with Crippen molar-refractivity contribution in [1.82, 2.24) is 5.32 Å². The van der Waals surface area contributed by atoms with Crippen LogP contribution in [-0.2, 0) is 20.7 Å². The van der Waals surface area contributed by atoms with Gasteiger partial charge in [0.15, 0.2) is 0 Å². The second-order valence-corrected chi connectivity index (χ2v) is 3.55. The van der Waals surface area contributed by atoms with Crippen LogP contribution in [-0.4, -0.2) is 25.5 Å². The molecule has 1 rings (SSSR count). The molecule has 1 amide bonds. The maximum absolute atomic E-state index is 11.5. The van der Waals surface area contributed by atoms with E-state index in [-0.39, 0.29) is 31.3 Å². The van der Waals surface area contributed by atoms with Gasteiger partial charge in [0, 0.05) is 12.2 Å². The van der Waals surface area contributed by atoms with Crippen molar-refractivity contribution >= 4 is 17.6 Å². The first-order chi connectivity index (χ1) is 8.13. The molecule has 3 N–H and O–H groups in total. The van der Waals surface area contributed by atoms with Gasteiger partial charge < -0.3 is 15.8 Å². The van der Waals surface area contributed by atoms with Crippen molar-refractivity contribution in [2.24, 2.45) is 0 Å². The lowest BCUT2D eigenvalue weighted by atomic mass is 10.1. The second-order valence-electron chi connectivity index (χ2n) is 3.55. The standard InChI is InChI=1S/C12H16N2O3/c1-17-12(16)6-7-14-11(15)8-9-4-2-3-5-10(9)13/h2-5H,6-8,13H2,1H3,(H,14,15). The lowest BCUT2D eigenvalue weighted by Crippen LogP contribution is -2.28. The highest BCUT2D eigenvalue weighted by molar-refractivity contribution is 5.80. The average molecular weight is 236 g/mol. The van der Waals surface area contributed by atoms with E-state index < -0.39 is 0 Å². The molecule has 92 valence electrons. The molecule has 0 fully saturated rings. The fourth-order valence-electron chi connectivity index (χ4n) is 1.34. The zero-order chi connectivity index (χ0) is 12.7. The Bertz CT molecular complexity index is 404. The number of ether oxygens (including phenoxy) is 1. The first-order valence-corrected chi connectivity index (χ1v) is 5.30. The fourth-order valence-corrected chi connectivity index (χ4v) is 1.34. The molecule has 0 unspecified atom stereocenters. The Morgan fingerprint density at radius 3 is 2.71 bits per heavy atom. The number of methoxy groups -OCH3 is 1. The fraction of sp³-hybridized carbons (Fsp3) is 0.333. The summed E-state index contributed by atoms with van der Waals surface area (Å²) in [5.74, 6) is -0.503. The van der Waals surface area contributed by atoms with Crippen molar-refractivity contribution in [3.8, 4) is 0 Å². The molecule has 0 aliphatic heterocycles. The topological polar surface area (TPSA) is 81.4 Å². The van der Waals surface area contributed by atoms with Gasteiger partial charge in [-0.1, -0.05) is 18.2 Å². The number of benzene rings is 1. The highest BCUT2D eigenvalue weighted by Crippen LogP contribution is 2.10. The Balaban J connectivity index is 2.35. The molecule has 1 aromatic carbocycles. The van der Waals surface area contributed by atoms with Gasteiger partial charge in [-0.2, -0.15) is 0 Å². The molecule has 0 aliphatic carbocycles. The predicted molar refractivity (Wildman–Crippen MR) is 64.2 cm³/mol. The van der Waals surface area contributed by atoms with Crippen molar-refractivity contribution in [3.63, 3.8) is 0 Å². The van der Waals surface area contributed by atoms with E-state index in [1.807, 2.05) is 12.1 Å². The van der Waals surface area contributed by atoms with Gasteiger partial charge in [-0.3, -0.25) is 9.59 Å². The molecule has 0 bridgehead atoms. The van der Waals surface area contributed by atoms with Crippen LogP contribution in [0.2, 0.25) is 0 Å². The van der Waals surface area contributed by atoms with Crippen LogP contribution < -0.4 is 11.1 Å². The third-order valence-corrected chi connectivity index (χ3v) is 2.29. The highest BCUT2D eigenvalue weighted by Gasteiger charge is 2.06. The number of carbonyl (C=O) groups is 2. The summed E-state index contributed by atoms with van der Waals surface area (Å²) in [4.78, 5) is 22.3. The average Bonchev–Trinajstić information content (AvgIpc) is 2.32. The van der Waals surface area contributed by atoms with E-state index in [9.17, 15) is 9.59 Å². The summed E-state index contributed by atoms with van der Waals surface area (Å²) in [6.07, 6.45) is 0.389. The molecule has 0 atom stereocenters. The molecule has 5 heteroatoms. The maximum Gasteiger partial charge on any atom is 0.307 e. The van der Waals surface area contributed by atoms with E-state index in [0.29, 0.717) is 5.69 Å². The summed E-state index contributed by atoms with van der Waals surface area (Å²) in [6.45, 7) is 0.276. The third kappa shape index (κ3) is 4.55. The Morgan fingerprint density at radius 1 is 1.35 bits per heavy atom. The molecule has 17 heavy (non-hydrogen) atoms. The normalized spacial score (nSPS) is 9.71. The van der Waals surface area contributed by atoms with Gasteiger partial charge in [-0.15, -0.1) is 0 Å². The summed E-state index contributed by atoms with van der Waals surface area (Å²) in [5, 5.41) is 2.63. The van der Waals surface area contributed by atoms with Gasteiger partial charge in [0.2, 0.25) is 5.91 Å². The van der Waals surface area contributed by atoms with Crippen LogP contribution >= 0.6 is 0 Å². The molecular weight excluding hydrogens is 220 g/mol. The number of nitrogens with two attached hydrogens (primary N) is 1. The molecule has 0 aliphatic rings. The number of rotatable bonds is 5. The summed E-state index contributed by atoms with van der Waals surface area (Å²) in [7, 11) is 1.31. The Kier molecular flexibility index (Phi) is 5.00. The van der Waals surface area contributed by atoms with Crippen LogP contribution in [0.1, 0.15) is 12.0 Å². The maximum atomic E-state index is 11.5. The smallest absolute Gasteiger partial charge is 0.307 e. The number of anilines is 1. The molecule has 0 heterocycles.